The maximum atomic E-state index is 12.1. The van der Waals surface area contributed by atoms with Gasteiger partial charge in [-0.15, -0.1) is 0 Å². The summed E-state index contributed by atoms with van der Waals surface area (Å²) in [7, 11) is 0. The van der Waals surface area contributed by atoms with E-state index >= 15 is 0 Å². The summed E-state index contributed by atoms with van der Waals surface area (Å²) in [5, 5.41) is 6.98. The summed E-state index contributed by atoms with van der Waals surface area (Å²) in [5.41, 5.74) is 0.0819. The summed E-state index contributed by atoms with van der Waals surface area (Å²) < 4.78 is 6.87. The maximum absolute atomic E-state index is 12.1. The zero-order valence-electron chi connectivity index (χ0n) is 12.0. The van der Waals surface area contributed by atoms with Gasteiger partial charge < -0.3 is 10.1 Å². The number of nitrogens with one attached hydrogen (secondary N) is 1. The van der Waals surface area contributed by atoms with Crippen LogP contribution in [0.25, 0.3) is 0 Å². The van der Waals surface area contributed by atoms with Crippen molar-refractivity contribution in [2.45, 2.75) is 51.8 Å². The van der Waals surface area contributed by atoms with E-state index in [9.17, 15) is 9.59 Å². The van der Waals surface area contributed by atoms with E-state index in [1.54, 1.807) is 0 Å². The molecular weight excluding hydrogens is 258 g/mol. The minimum Gasteiger partial charge on any atom is -0.376 e. The van der Waals surface area contributed by atoms with Crippen LogP contribution in [-0.2, 0) is 11.3 Å². The van der Waals surface area contributed by atoms with E-state index in [1.807, 2.05) is 13.8 Å². The molecule has 110 valence electrons. The Morgan fingerprint density at radius 2 is 2.40 bits per heavy atom. The molecule has 2 rings (SSSR count). The number of carbonyl (C=O) groups is 1. The molecule has 1 N–H and O–H groups in total. The molecule has 20 heavy (non-hydrogen) atoms. The average Bonchev–Trinajstić information content (AvgIpc) is 2.95. The third kappa shape index (κ3) is 3.45. The number of aryl methyl sites for hydroxylation is 1. The molecular formula is C14H21N3O3. The SMILES string of the molecule is CCCn1nc(C(=O)N[C@@H](C)[C@H]2CCCO2)ccc1=O. The number of carbonyl (C=O) groups excluding carboxylic acids is 1. The van der Waals surface area contributed by atoms with Crippen LogP contribution >= 0.6 is 0 Å². The molecule has 6 nitrogen and oxygen atoms in total. The summed E-state index contributed by atoms with van der Waals surface area (Å²) in [4.78, 5) is 23.7. The van der Waals surface area contributed by atoms with E-state index in [1.165, 1.54) is 16.8 Å². The van der Waals surface area contributed by atoms with Crippen molar-refractivity contribution in [2.75, 3.05) is 6.61 Å². The zero-order valence-corrected chi connectivity index (χ0v) is 12.0. The second-order valence-corrected chi connectivity index (χ2v) is 5.09. The van der Waals surface area contributed by atoms with Crippen LogP contribution in [0, 0.1) is 0 Å². The van der Waals surface area contributed by atoms with Gasteiger partial charge in [0.05, 0.1) is 12.1 Å². The first-order chi connectivity index (χ1) is 9.61. The molecule has 2 heterocycles. The van der Waals surface area contributed by atoms with E-state index < -0.39 is 0 Å². The number of ether oxygens (including phenoxy) is 1. The van der Waals surface area contributed by atoms with Crippen molar-refractivity contribution in [2.24, 2.45) is 0 Å². The molecule has 0 unspecified atom stereocenters. The minimum absolute atomic E-state index is 0.0571. The molecule has 0 bridgehead atoms. The molecule has 1 aromatic heterocycles. The Balaban J connectivity index is 2.04. The molecule has 1 aromatic rings. The number of nitrogens with zero attached hydrogens (tertiary/aromatic N) is 2. The van der Waals surface area contributed by atoms with Crippen molar-refractivity contribution in [3.8, 4) is 0 Å². The molecule has 1 amide bonds. The molecule has 1 aliphatic rings. The number of amides is 1. The van der Waals surface area contributed by atoms with Crippen molar-refractivity contribution in [1.82, 2.24) is 15.1 Å². The van der Waals surface area contributed by atoms with Crippen LogP contribution in [0.2, 0.25) is 0 Å². The topological polar surface area (TPSA) is 73.2 Å². The molecule has 1 fully saturated rings. The summed E-state index contributed by atoms with van der Waals surface area (Å²) in [5.74, 6) is -0.266. The molecule has 1 aliphatic heterocycles. The second-order valence-electron chi connectivity index (χ2n) is 5.09. The van der Waals surface area contributed by atoms with Crippen LogP contribution in [-0.4, -0.2) is 34.4 Å². The standard InChI is InChI=1S/C14H21N3O3/c1-3-8-17-13(18)7-6-11(16-17)14(19)15-10(2)12-5-4-9-20-12/h6-7,10,12H,3-5,8-9H2,1-2H3,(H,15,19)/t10-,12+/m0/s1. The van der Waals surface area contributed by atoms with Gasteiger partial charge in [-0.3, -0.25) is 9.59 Å². The normalized spacial score (nSPS) is 19.8. The van der Waals surface area contributed by atoms with Crippen LogP contribution in [0.5, 0.6) is 0 Å². The number of rotatable bonds is 5. The van der Waals surface area contributed by atoms with Crippen LogP contribution in [0.1, 0.15) is 43.6 Å². The van der Waals surface area contributed by atoms with E-state index in [0.717, 1.165) is 25.9 Å². The molecule has 0 aliphatic carbocycles. The lowest BCUT2D eigenvalue weighted by molar-refractivity contribution is 0.0708. The highest BCUT2D eigenvalue weighted by molar-refractivity contribution is 5.92. The lowest BCUT2D eigenvalue weighted by Gasteiger charge is -2.19. The molecule has 0 radical (unpaired) electrons. The quantitative estimate of drug-likeness (QED) is 0.871. The van der Waals surface area contributed by atoms with E-state index in [-0.39, 0.29) is 29.3 Å². The number of hydrogen-bond donors (Lipinski definition) is 1. The Morgan fingerprint density at radius 3 is 3.05 bits per heavy atom. The van der Waals surface area contributed by atoms with Crippen molar-refractivity contribution >= 4 is 5.91 Å². The molecule has 0 spiro atoms. The van der Waals surface area contributed by atoms with Gasteiger partial charge in [-0.2, -0.15) is 5.10 Å². The summed E-state index contributed by atoms with van der Waals surface area (Å²) in [6.45, 7) is 5.15. The van der Waals surface area contributed by atoms with Gasteiger partial charge in [0.2, 0.25) is 0 Å². The average molecular weight is 279 g/mol. The van der Waals surface area contributed by atoms with Crippen molar-refractivity contribution in [3.63, 3.8) is 0 Å². The highest BCUT2D eigenvalue weighted by atomic mass is 16.5. The van der Waals surface area contributed by atoms with Gasteiger partial charge in [-0.1, -0.05) is 6.92 Å². The predicted molar refractivity (Wildman–Crippen MR) is 74.7 cm³/mol. The van der Waals surface area contributed by atoms with Gasteiger partial charge in [0.25, 0.3) is 11.5 Å². The molecule has 1 saturated heterocycles. The maximum Gasteiger partial charge on any atom is 0.272 e. The van der Waals surface area contributed by atoms with Gasteiger partial charge in [-0.05, 0) is 32.3 Å². The van der Waals surface area contributed by atoms with Crippen LogP contribution in [0.15, 0.2) is 16.9 Å². The number of hydrogen-bond acceptors (Lipinski definition) is 4. The Morgan fingerprint density at radius 1 is 1.60 bits per heavy atom. The third-order valence-corrected chi connectivity index (χ3v) is 3.42. The first-order valence-electron chi connectivity index (χ1n) is 7.12. The Hall–Kier alpha value is -1.69. The Bertz CT molecular complexity index is 521. The molecule has 0 aromatic carbocycles. The van der Waals surface area contributed by atoms with Crippen molar-refractivity contribution < 1.29 is 9.53 Å². The second kappa shape index (κ2) is 6.65. The molecule has 2 atom stereocenters. The van der Waals surface area contributed by atoms with Gasteiger partial charge in [0, 0.05) is 19.2 Å². The van der Waals surface area contributed by atoms with Crippen molar-refractivity contribution in [3.05, 3.63) is 28.2 Å². The lowest BCUT2D eigenvalue weighted by Crippen LogP contribution is -2.41. The van der Waals surface area contributed by atoms with E-state index in [4.69, 9.17) is 4.74 Å². The van der Waals surface area contributed by atoms with Crippen LogP contribution < -0.4 is 10.9 Å². The fourth-order valence-corrected chi connectivity index (χ4v) is 2.31. The predicted octanol–water partition coefficient (Wildman–Crippen LogP) is 0.951. The van der Waals surface area contributed by atoms with Gasteiger partial charge in [0.1, 0.15) is 5.69 Å². The van der Waals surface area contributed by atoms with E-state index in [0.29, 0.717) is 6.54 Å². The largest absolute Gasteiger partial charge is 0.376 e. The van der Waals surface area contributed by atoms with Crippen LogP contribution in [0.4, 0.5) is 0 Å². The summed E-state index contributed by atoms with van der Waals surface area (Å²) in [6, 6.07) is 2.79. The smallest absolute Gasteiger partial charge is 0.272 e. The zero-order chi connectivity index (χ0) is 14.5. The van der Waals surface area contributed by atoms with Gasteiger partial charge in [0.15, 0.2) is 0 Å². The minimum atomic E-state index is -0.266. The Kier molecular flexibility index (Phi) is 4.89. The first kappa shape index (κ1) is 14.7. The monoisotopic (exact) mass is 279 g/mol. The number of aromatic nitrogens is 2. The van der Waals surface area contributed by atoms with Gasteiger partial charge in [-0.25, -0.2) is 4.68 Å². The highest BCUT2D eigenvalue weighted by Crippen LogP contribution is 2.15. The van der Waals surface area contributed by atoms with E-state index in [2.05, 4.69) is 10.4 Å². The van der Waals surface area contributed by atoms with Gasteiger partial charge >= 0.3 is 0 Å². The Labute approximate surface area is 118 Å². The first-order valence-corrected chi connectivity index (χ1v) is 7.12. The lowest BCUT2D eigenvalue weighted by atomic mass is 10.1. The summed E-state index contributed by atoms with van der Waals surface area (Å²) >= 11 is 0. The third-order valence-electron chi connectivity index (χ3n) is 3.42. The molecule has 0 saturated carbocycles. The van der Waals surface area contributed by atoms with Crippen LogP contribution in [0.3, 0.4) is 0 Å². The molecule has 6 heteroatoms. The fraction of sp³-hybridized carbons (Fsp3) is 0.643. The van der Waals surface area contributed by atoms with Crippen molar-refractivity contribution in [1.29, 1.82) is 0 Å². The summed E-state index contributed by atoms with van der Waals surface area (Å²) in [6.07, 6.45) is 2.86. The highest BCUT2D eigenvalue weighted by Gasteiger charge is 2.24. The fourth-order valence-electron chi connectivity index (χ4n) is 2.31.